The van der Waals surface area contributed by atoms with Crippen LogP contribution in [0.1, 0.15) is 46.7 Å². The van der Waals surface area contributed by atoms with Crippen LogP contribution in [0.3, 0.4) is 0 Å². The predicted molar refractivity (Wildman–Crippen MR) is 107 cm³/mol. The molecule has 0 aliphatic carbocycles. The summed E-state index contributed by atoms with van der Waals surface area (Å²) in [5.74, 6) is -0.0855. The number of hydrogen-bond donors (Lipinski definition) is 1. The summed E-state index contributed by atoms with van der Waals surface area (Å²) in [5.41, 5.74) is 0.679. The van der Waals surface area contributed by atoms with E-state index < -0.39 is 0 Å². The van der Waals surface area contributed by atoms with E-state index in [0.717, 1.165) is 12.1 Å². The van der Waals surface area contributed by atoms with E-state index in [0.29, 0.717) is 19.7 Å². The highest BCUT2D eigenvalue weighted by molar-refractivity contribution is 5.84. The fraction of sp³-hybridized carbons (Fsp3) is 0.700. The molecule has 0 aliphatic rings. The minimum Gasteiger partial charge on any atom is -0.383 e. The molecule has 0 saturated carbocycles. The van der Waals surface area contributed by atoms with Crippen molar-refractivity contribution in [3.63, 3.8) is 0 Å². The van der Waals surface area contributed by atoms with Crippen molar-refractivity contribution in [3.05, 3.63) is 24.0 Å². The summed E-state index contributed by atoms with van der Waals surface area (Å²) in [4.78, 5) is 29.1. The molecule has 27 heavy (non-hydrogen) atoms. The zero-order valence-corrected chi connectivity index (χ0v) is 17.9. The SMILES string of the molecule is CCC(C)N(CC(=O)N(CCOC)Cc1cccn1C)C(=O)NC(C)(C)C. The maximum Gasteiger partial charge on any atom is 0.318 e. The van der Waals surface area contributed by atoms with Crippen LogP contribution in [0.5, 0.6) is 0 Å². The Hall–Kier alpha value is -2.02. The van der Waals surface area contributed by atoms with Gasteiger partial charge >= 0.3 is 6.03 Å². The van der Waals surface area contributed by atoms with E-state index >= 15 is 0 Å². The third-order valence-electron chi connectivity index (χ3n) is 4.49. The molecule has 0 bridgehead atoms. The van der Waals surface area contributed by atoms with Gasteiger partial charge in [0, 0.05) is 44.2 Å². The Labute approximate surface area is 163 Å². The topological polar surface area (TPSA) is 66.8 Å². The molecule has 1 aromatic heterocycles. The van der Waals surface area contributed by atoms with Crippen LogP contribution >= 0.6 is 0 Å². The zero-order chi connectivity index (χ0) is 20.6. The molecular weight excluding hydrogens is 344 g/mol. The third kappa shape index (κ3) is 7.62. The summed E-state index contributed by atoms with van der Waals surface area (Å²) in [5, 5.41) is 2.96. The highest BCUT2D eigenvalue weighted by atomic mass is 16.5. The number of hydrogen-bond acceptors (Lipinski definition) is 3. The second kappa shape index (κ2) is 10.3. The Balaban J connectivity index is 2.92. The molecule has 0 radical (unpaired) electrons. The van der Waals surface area contributed by atoms with Crippen molar-refractivity contribution in [3.8, 4) is 0 Å². The van der Waals surface area contributed by atoms with E-state index in [4.69, 9.17) is 4.74 Å². The maximum absolute atomic E-state index is 13.0. The van der Waals surface area contributed by atoms with Crippen molar-refractivity contribution >= 4 is 11.9 Å². The van der Waals surface area contributed by atoms with Gasteiger partial charge in [-0.2, -0.15) is 0 Å². The van der Waals surface area contributed by atoms with Gasteiger partial charge < -0.3 is 24.4 Å². The van der Waals surface area contributed by atoms with Gasteiger partial charge in [-0.25, -0.2) is 4.79 Å². The highest BCUT2D eigenvalue weighted by Crippen LogP contribution is 2.11. The summed E-state index contributed by atoms with van der Waals surface area (Å²) >= 11 is 0. The van der Waals surface area contributed by atoms with Gasteiger partial charge in [-0.15, -0.1) is 0 Å². The molecule has 0 aliphatic heterocycles. The van der Waals surface area contributed by atoms with Crippen molar-refractivity contribution in [2.24, 2.45) is 7.05 Å². The van der Waals surface area contributed by atoms with Crippen molar-refractivity contribution in [2.45, 2.75) is 59.2 Å². The van der Waals surface area contributed by atoms with Gasteiger partial charge in [-0.1, -0.05) is 6.92 Å². The van der Waals surface area contributed by atoms with Gasteiger partial charge in [0.15, 0.2) is 0 Å². The normalized spacial score (nSPS) is 12.6. The largest absolute Gasteiger partial charge is 0.383 e. The third-order valence-corrected chi connectivity index (χ3v) is 4.49. The van der Waals surface area contributed by atoms with E-state index in [1.54, 1.807) is 16.9 Å². The molecule has 0 saturated heterocycles. The second-order valence-corrected chi connectivity index (χ2v) is 7.98. The standard InChI is InChI=1S/C20H36N4O3/c1-8-16(2)24(19(26)21-20(3,4)5)15-18(25)23(12-13-27-7)14-17-10-9-11-22(17)6/h9-11,16H,8,12-15H2,1-7H3,(H,21,26). The Kier molecular flexibility index (Phi) is 8.82. The van der Waals surface area contributed by atoms with Crippen molar-refractivity contribution in [1.82, 2.24) is 19.7 Å². The number of amides is 3. The number of nitrogens with zero attached hydrogens (tertiary/aromatic N) is 3. The van der Waals surface area contributed by atoms with Gasteiger partial charge in [-0.05, 0) is 46.2 Å². The van der Waals surface area contributed by atoms with Crippen LogP contribution in [0, 0.1) is 0 Å². The fourth-order valence-corrected chi connectivity index (χ4v) is 2.64. The van der Waals surface area contributed by atoms with Gasteiger partial charge in [0.1, 0.15) is 6.54 Å². The maximum atomic E-state index is 13.0. The number of aromatic nitrogens is 1. The number of rotatable bonds is 9. The molecular formula is C20H36N4O3. The first-order valence-corrected chi connectivity index (χ1v) is 9.54. The first kappa shape index (κ1) is 23.0. The number of urea groups is 1. The monoisotopic (exact) mass is 380 g/mol. The molecule has 7 nitrogen and oxygen atoms in total. The Morgan fingerprint density at radius 2 is 2.00 bits per heavy atom. The van der Waals surface area contributed by atoms with Crippen molar-refractivity contribution in [2.75, 3.05) is 26.8 Å². The first-order chi connectivity index (χ1) is 12.6. The van der Waals surface area contributed by atoms with Gasteiger partial charge in [0.25, 0.3) is 0 Å². The quantitative estimate of drug-likeness (QED) is 0.716. The smallest absolute Gasteiger partial charge is 0.318 e. The minimum atomic E-state index is -0.357. The number of carbonyl (C=O) groups excluding carboxylic acids is 2. The number of nitrogens with one attached hydrogen (secondary N) is 1. The van der Waals surface area contributed by atoms with Crippen LogP contribution in [0.4, 0.5) is 4.79 Å². The Bertz CT molecular complexity index is 607. The van der Waals surface area contributed by atoms with Gasteiger partial charge in [0.05, 0.1) is 13.2 Å². The lowest BCUT2D eigenvalue weighted by Crippen LogP contribution is -2.54. The molecule has 1 heterocycles. The van der Waals surface area contributed by atoms with E-state index in [2.05, 4.69) is 5.32 Å². The number of methoxy groups -OCH3 is 1. The van der Waals surface area contributed by atoms with Crippen molar-refractivity contribution < 1.29 is 14.3 Å². The molecule has 1 unspecified atom stereocenters. The van der Waals surface area contributed by atoms with E-state index in [1.165, 1.54) is 0 Å². The summed E-state index contributed by atoms with van der Waals surface area (Å²) in [7, 11) is 3.57. The Morgan fingerprint density at radius 3 is 2.48 bits per heavy atom. The predicted octanol–water partition coefficient (Wildman–Crippen LogP) is 2.61. The summed E-state index contributed by atoms with van der Waals surface area (Å²) in [6.45, 7) is 11.2. The molecule has 1 N–H and O–H groups in total. The zero-order valence-electron chi connectivity index (χ0n) is 17.9. The van der Waals surface area contributed by atoms with Crippen LogP contribution in [-0.4, -0.2) is 64.7 Å². The Morgan fingerprint density at radius 1 is 1.33 bits per heavy atom. The van der Waals surface area contributed by atoms with Crippen LogP contribution < -0.4 is 5.32 Å². The van der Waals surface area contributed by atoms with E-state index in [-0.39, 0.29) is 30.1 Å². The summed E-state index contributed by atoms with van der Waals surface area (Å²) < 4.78 is 7.16. The fourth-order valence-electron chi connectivity index (χ4n) is 2.64. The molecule has 0 spiro atoms. The van der Waals surface area contributed by atoms with E-state index in [1.807, 2.05) is 64.6 Å². The number of carbonyl (C=O) groups is 2. The molecule has 1 atom stereocenters. The lowest BCUT2D eigenvalue weighted by molar-refractivity contribution is -0.133. The lowest BCUT2D eigenvalue weighted by atomic mass is 10.1. The average Bonchev–Trinajstić information content (AvgIpc) is 2.98. The number of aryl methyl sites for hydroxylation is 1. The molecule has 7 heteroatoms. The number of ether oxygens (including phenoxy) is 1. The van der Waals surface area contributed by atoms with E-state index in [9.17, 15) is 9.59 Å². The summed E-state index contributed by atoms with van der Waals surface area (Å²) in [6.07, 6.45) is 2.73. The molecule has 1 aromatic rings. The molecule has 0 fully saturated rings. The van der Waals surface area contributed by atoms with Crippen LogP contribution in [-0.2, 0) is 23.1 Å². The van der Waals surface area contributed by atoms with Gasteiger partial charge in [-0.3, -0.25) is 4.79 Å². The molecule has 3 amide bonds. The van der Waals surface area contributed by atoms with Crippen LogP contribution in [0.15, 0.2) is 18.3 Å². The van der Waals surface area contributed by atoms with Crippen LogP contribution in [0.25, 0.3) is 0 Å². The highest BCUT2D eigenvalue weighted by Gasteiger charge is 2.27. The molecule has 154 valence electrons. The molecule has 0 aromatic carbocycles. The first-order valence-electron chi connectivity index (χ1n) is 9.54. The summed E-state index contributed by atoms with van der Waals surface area (Å²) in [6, 6.07) is 3.70. The second-order valence-electron chi connectivity index (χ2n) is 7.98. The lowest BCUT2D eigenvalue weighted by Gasteiger charge is -2.33. The molecule has 1 rings (SSSR count). The van der Waals surface area contributed by atoms with Crippen molar-refractivity contribution in [1.29, 1.82) is 0 Å². The minimum absolute atomic E-state index is 0.0318. The average molecular weight is 381 g/mol. The van der Waals surface area contributed by atoms with Gasteiger partial charge in [0.2, 0.25) is 5.91 Å². The van der Waals surface area contributed by atoms with Crippen LogP contribution in [0.2, 0.25) is 0 Å².